The lowest BCUT2D eigenvalue weighted by Crippen LogP contribution is -2.63. The molecule has 0 unspecified atom stereocenters. The van der Waals surface area contributed by atoms with E-state index in [9.17, 15) is 4.79 Å². The molecule has 2 saturated heterocycles. The number of rotatable bonds is 3. The quantitative estimate of drug-likeness (QED) is 0.804. The number of piperazine rings is 2. The Morgan fingerprint density at radius 2 is 2.37 bits per heavy atom. The lowest BCUT2D eigenvalue weighted by molar-refractivity contribution is -0.131. The van der Waals surface area contributed by atoms with Gasteiger partial charge in [0.1, 0.15) is 6.04 Å². The van der Waals surface area contributed by atoms with Crippen molar-refractivity contribution in [3.8, 4) is 0 Å². The number of carbonyl (C=O) groups is 1. The van der Waals surface area contributed by atoms with Gasteiger partial charge in [-0.05, 0) is 0 Å². The lowest BCUT2D eigenvalue weighted by atomic mass is 10.1. The molecule has 0 radical (unpaired) electrons. The molecule has 6 heteroatoms. The molecule has 6 nitrogen and oxygen atoms in total. The van der Waals surface area contributed by atoms with Crippen LogP contribution in [0.15, 0.2) is 19.0 Å². The van der Waals surface area contributed by atoms with Gasteiger partial charge in [-0.2, -0.15) is 5.10 Å². The Balaban J connectivity index is 1.63. The van der Waals surface area contributed by atoms with Crippen LogP contribution in [0, 0.1) is 0 Å². The standard InChI is InChI=1S/C13H19N5O/c1-2-18-9-11(7-15-18)8-16-5-6-17-4-3-14-13(19)12(17)10-16/h2,7,9,12H,1,3-6,8,10H2,(H,14,19)/t12-/m1/s1. The van der Waals surface area contributed by atoms with E-state index in [0.29, 0.717) is 0 Å². The Hall–Kier alpha value is -1.66. The highest BCUT2D eigenvalue weighted by Gasteiger charge is 2.34. The predicted octanol–water partition coefficient (Wildman–Crippen LogP) is -0.400. The zero-order valence-corrected chi connectivity index (χ0v) is 11.0. The molecule has 3 rings (SSSR count). The van der Waals surface area contributed by atoms with Crippen LogP contribution in [-0.2, 0) is 11.3 Å². The van der Waals surface area contributed by atoms with Crippen molar-refractivity contribution in [1.29, 1.82) is 0 Å². The summed E-state index contributed by atoms with van der Waals surface area (Å²) in [6.07, 6.45) is 5.51. The van der Waals surface area contributed by atoms with Gasteiger partial charge in [-0.1, -0.05) is 6.58 Å². The third-order valence-electron chi connectivity index (χ3n) is 3.82. The van der Waals surface area contributed by atoms with E-state index >= 15 is 0 Å². The second kappa shape index (κ2) is 5.14. The van der Waals surface area contributed by atoms with Crippen LogP contribution in [0.5, 0.6) is 0 Å². The fourth-order valence-corrected chi connectivity index (χ4v) is 2.79. The summed E-state index contributed by atoms with van der Waals surface area (Å²) in [5.74, 6) is 0.165. The minimum absolute atomic E-state index is 0.0111. The number of nitrogens with zero attached hydrogens (tertiary/aromatic N) is 4. The molecular formula is C13H19N5O. The molecule has 1 aromatic rings. The highest BCUT2D eigenvalue weighted by atomic mass is 16.2. The first-order valence-corrected chi connectivity index (χ1v) is 6.66. The van der Waals surface area contributed by atoms with Gasteiger partial charge in [0.15, 0.2) is 0 Å². The molecule has 1 amide bonds. The first-order valence-electron chi connectivity index (χ1n) is 6.66. The SMILES string of the molecule is C=Cn1cc(CN2CCN3CCNC(=O)[C@H]3C2)cn1. The largest absolute Gasteiger partial charge is 0.353 e. The van der Waals surface area contributed by atoms with Crippen LogP contribution < -0.4 is 5.32 Å². The van der Waals surface area contributed by atoms with Gasteiger partial charge < -0.3 is 5.32 Å². The fourth-order valence-electron chi connectivity index (χ4n) is 2.79. The van der Waals surface area contributed by atoms with Crippen LogP contribution in [0.1, 0.15) is 5.56 Å². The molecule has 1 N–H and O–H groups in total. The summed E-state index contributed by atoms with van der Waals surface area (Å²) in [4.78, 5) is 16.5. The molecule has 0 bridgehead atoms. The predicted molar refractivity (Wildman–Crippen MR) is 72.3 cm³/mol. The van der Waals surface area contributed by atoms with Crippen LogP contribution >= 0.6 is 0 Å². The lowest BCUT2D eigenvalue weighted by Gasteiger charge is -2.42. The van der Waals surface area contributed by atoms with E-state index in [0.717, 1.165) is 44.8 Å². The average molecular weight is 261 g/mol. The molecule has 3 heterocycles. The van der Waals surface area contributed by atoms with Gasteiger partial charge in [-0.15, -0.1) is 0 Å². The Kier molecular flexibility index (Phi) is 3.35. The second-order valence-electron chi connectivity index (χ2n) is 5.09. The Labute approximate surface area is 112 Å². The van der Waals surface area contributed by atoms with Gasteiger partial charge >= 0.3 is 0 Å². The number of amides is 1. The Morgan fingerprint density at radius 1 is 1.47 bits per heavy atom. The monoisotopic (exact) mass is 261 g/mol. The summed E-state index contributed by atoms with van der Waals surface area (Å²) in [6, 6.07) is 0.0111. The molecule has 102 valence electrons. The zero-order chi connectivity index (χ0) is 13.2. The van der Waals surface area contributed by atoms with Crippen LogP contribution in [0.2, 0.25) is 0 Å². The molecule has 2 fully saturated rings. The van der Waals surface area contributed by atoms with Crippen LogP contribution in [0.25, 0.3) is 6.20 Å². The van der Waals surface area contributed by atoms with Crippen molar-refractivity contribution in [1.82, 2.24) is 24.9 Å². The molecule has 1 aromatic heterocycles. The molecule has 0 aromatic carbocycles. The third-order valence-corrected chi connectivity index (χ3v) is 3.82. The fraction of sp³-hybridized carbons (Fsp3) is 0.538. The molecule has 2 aliphatic rings. The molecule has 19 heavy (non-hydrogen) atoms. The summed E-state index contributed by atoms with van der Waals surface area (Å²) in [7, 11) is 0. The maximum atomic E-state index is 11.9. The number of hydrogen-bond donors (Lipinski definition) is 1. The number of nitrogens with one attached hydrogen (secondary N) is 1. The van der Waals surface area contributed by atoms with Crippen LogP contribution in [-0.4, -0.2) is 64.3 Å². The van der Waals surface area contributed by atoms with E-state index in [-0.39, 0.29) is 11.9 Å². The minimum Gasteiger partial charge on any atom is -0.353 e. The summed E-state index contributed by atoms with van der Waals surface area (Å²) < 4.78 is 1.71. The average Bonchev–Trinajstić information content (AvgIpc) is 2.87. The highest BCUT2D eigenvalue weighted by Crippen LogP contribution is 2.14. The van der Waals surface area contributed by atoms with E-state index in [4.69, 9.17) is 0 Å². The van der Waals surface area contributed by atoms with E-state index in [1.807, 2.05) is 12.4 Å². The van der Waals surface area contributed by atoms with Crippen molar-refractivity contribution >= 4 is 12.1 Å². The van der Waals surface area contributed by atoms with E-state index in [1.54, 1.807) is 10.9 Å². The second-order valence-corrected chi connectivity index (χ2v) is 5.09. The number of fused-ring (bicyclic) bond motifs is 1. The maximum Gasteiger partial charge on any atom is 0.238 e. The normalized spacial score (nSPS) is 24.8. The smallest absolute Gasteiger partial charge is 0.238 e. The Morgan fingerprint density at radius 3 is 3.16 bits per heavy atom. The summed E-state index contributed by atoms with van der Waals surface area (Å²) in [5, 5.41) is 7.12. The highest BCUT2D eigenvalue weighted by molar-refractivity contribution is 5.82. The Bertz CT molecular complexity index is 483. The minimum atomic E-state index is 0.0111. The van der Waals surface area contributed by atoms with Gasteiger partial charge in [-0.3, -0.25) is 14.6 Å². The van der Waals surface area contributed by atoms with Crippen molar-refractivity contribution in [3.63, 3.8) is 0 Å². The van der Waals surface area contributed by atoms with Gasteiger partial charge in [0.2, 0.25) is 5.91 Å². The first kappa shape index (κ1) is 12.4. The van der Waals surface area contributed by atoms with Crippen LogP contribution in [0.4, 0.5) is 0 Å². The molecule has 0 saturated carbocycles. The number of hydrogen-bond acceptors (Lipinski definition) is 4. The van der Waals surface area contributed by atoms with Gasteiger partial charge in [0.25, 0.3) is 0 Å². The van der Waals surface area contributed by atoms with Crippen LogP contribution in [0.3, 0.4) is 0 Å². The number of carbonyl (C=O) groups excluding carboxylic acids is 1. The van der Waals surface area contributed by atoms with Gasteiger partial charge in [0, 0.05) is 57.2 Å². The maximum absolute atomic E-state index is 11.9. The van der Waals surface area contributed by atoms with Crippen molar-refractivity contribution in [3.05, 3.63) is 24.5 Å². The van der Waals surface area contributed by atoms with E-state index < -0.39 is 0 Å². The molecule has 0 aliphatic carbocycles. The van der Waals surface area contributed by atoms with Crippen molar-refractivity contribution < 1.29 is 4.79 Å². The van der Waals surface area contributed by atoms with Gasteiger partial charge in [0.05, 0.1) is 6.20 Å². The number of aromatic nitrogens is 2. The topological polar surface area (TPSA) is 53.4 Å². The molecule has 2 aliphatic heterocycles. The van der Waals surface area contributed by atoms with Crippen molar-refractivity contribution in [2.24, 2.45) is 0 Å². The summed E-state index contributed by atoms with van der Waals surface area (Å²) in [6.45, 7) is 9.04. The van der Waals surface area contributed by atoms with E-state index in [1.165, 1.54) is 0 Å². The van der Waals surface area contributed by atoms with E-state index in [2.05, 4.69) is 26.8 Å². The molecular weight excluding hydrogens is 242 g/mol. The third kappa shape index (κ3) is 2.54. The molecule has 0 spiro atoms. The van der Waals surface area contributed by atoms with Crippen molar-refractivity contribution in [2.45, 2.75) is 12.6 Å². The first-order chi connectivity index (χ1) is 9.26. The molecule has 1 atom stereocenters. The van der Waals surface area contributed by atoms with Gasteiger partial charge in [-0.25, -0.2) is 4.68 Å². The van der Waals surface area contributed by atoms with Crippen molar-refractivity contribution in [2.75, 3.05) is 32.7 Å². The zero-order valence-electron chi connectivity index (χ0n) is 11.0. The summed E-state index contributed by atoms with van der Waals surface area (Å²) in [5.41, 5.74) is 1.16. The summed E-state index contributed by atoms with van der Waals surface area (Å²) >= 11 is 0.